The number of hydrogen-bond acceptors (Lipinski definition) is 3. The Morgan fingerprint density at radius 1 is 1.10 bits per heavy atom. The van der Waals surface area contributed by atoms with Gasteiger partial charge in [-0.3, -0.25) is 9.59 Å². The lowest BCUT2D eigenvalue weighted by atomic mass is 10.1. The molecule has 0 bridgehead atoms. The predicted molar refractivity (Wildman–Crippen MR) is 84.4 cm³/mol. The molecule has 1 N–H and O–H groups in total. The molecule has 98 valence electrons. The highest BCUT2D eigenvalue weighted by atomic mass is 32.1. The monoisotopic (exact) mass is 281 g/mol. The number of carbonyl (C=O) groups is 1. The first kappa shape index (κ1) is 12.6. The van der Waals surface area contributed by atoms with Crippen molar-refractivity contribution >= 4 is 43.1 Å². The molecule has 0 aliphatic heterocycles. The van der Waals surface area contributed by atoms with Crippen LogP contribution in [0.15, 0.2) is 59.9 Å². The van der Waals surface area contributed by atoms with Gasteiger partial charge < -0.3 is 5.32 Å². The van der Waals surface area contributed by atoms with Gasteiger partial charge in [0.25, 0.3) is 0 Å². The maximum Gasteiger partial charge on any atom is 0.247 e. The Kier molecular flexibility index (Phi) is 3.08. The maximum absolute atomic E-state index is 12.5. The molecule has 0 atom stereocenters. The zero-order valence-electron chi connectivity index (χ0n) is 10.6. The van der Waals surface area contributed by atoms with Gasteiger partial charge >= 0.3 is 0 Å². The topological polar surface area (TPSA) is 46.2 Å². The summed E-state index contributed by atoms with van der Waals surface area (Å²) in [6.45, 7) is 3.41. The summed E-state index contributed by atoms with van der Waals surface area (Å²) < 4.78 is 1.87. The molecule has 2 aromatic carbocycles. The lowest BCUT2D eigenvalue weighted by Gasteiger charge is -2.05. The molecule has 0 aliphatic rings. The number of rotatable bonds is 2. The normalized spacial score (nSPS) is 10.6. The third-order valence-electron chi connectivity index (χ3n) is 3.03. The molecule has 3 aromatic rings. The van der Waals surface area contributed by atoms with E-state index in [1.54, 1.807) is 23.5 Å². The second-order valence-corrected chi connectivity index (χ2v) is 5.42. The van der Waals surface area contributed by atoms with Crippen LogP contribution in [0.1, 0.15) is 0 Å². The summed E-state index contributed by atoms with van der Waals surface area (Å²) in [5.74, 6) is -0.290. The molecule has 0 radical (unpaired) electrons. The van der Waals surface area contributed by atoms with Gasteiger partial charge in [-0.2, -0.15) is 0 Å². The van der Waals surface area contributed by atoms with Gasteiger partial charge in [0, 0.05) is 25.9 Å². The molecule has 1 heterocycles. The van der Waals surface area contributed by atoms with Crippen molar-refractivity contribution in [3.05, 3.63) is 65.3 Å². The van der Waals surface area contributed by atoms with Crippen LogP contribution < -0.4 is 10.7 Å². The van der Waals surface area contributed by atoms with Gasteiger partial charge in [0.2, 0.25) is 5.91 Å². The van der Waals surface area contributed by atoms with Crippen molar-refractivity contribution in [1.29, 1.82) is 0 Å². The standard InChI is InChI=1S/C16H11NO2S/c1-2-15(18)17-10-7-8-14-12(9-10)16(19)11-5-3-4-6-13(11)20-14/h2-9H,1H2,(H,17,18). The van der Waals surface area contributed by atoms with E-state index in [-0.39, 0.29) is 11.3 Å². The Labute approximate surface area is 119 Å². The molecule has 20 heavy (non-hydrogen) atoms. The Morgan fingerprint density at radius 3 is 2.65 bits per heavy atom. The van der Waals surface area contributed by atoms with Crippen LogP contribution in [0.5, 0.6) is 0 Å². The zero-order chi connectivity index (χ0) is 14.1. The maximum atomic E-state index is 12.5. The molecule has 0 unspecified atom stereocenters. The van der Waals surface area contributed by atoms with E-state index in [0.29, 0.717) is 16.5 Å². The Bertz CT molecular complexity index is 896. The first-order valence-electron chi connectivity index (χ1n) is 6.08. The Balaban J connectivity index is 2.25. The fraction of sp³-hybridized carbons (Fsp3) is 0. The summed E-state index contributed by atoms with van der Waals surface area (Å²) in [5.41, 5.74) is 0.589. The van der Waals surface area contributed by atoms with E-state index in [1.807, 2.05) is 30.3 Å². The highest BCUT2D eigenvalue weighted by molar-refractivity contribution is 7.24. The number of carbonyl (C=O) groups excluding carboxylic acids is 1. The van der Waals surface area contributed by atoms with Crippen molar-refractivity contribution in [3.63, 3.8) is 0 Å². The van der Waals surface area contributed by atoms with Crippen LogP contribution in [-0.4, -0.2) is 5.91 Å². The second-order valence-electron chi connectivity index (χ2n) is 4.33. The lowest BCUT2D eigenvalue weighted by molar-refractivity contribution is -0.111. The largest absolute Gasteiger partial charge is 0.323 e. The predicted octanol–water partition coefficient (Wildman–Crippen LogP) is 3.54. The molecular weight excluding hydrogens is 270 g/mol. The van der Waals surface area contributed by atoms with Gasteiger partial charge in [0.1, 0.15) is 0 Å². The highest BCUT2D eigenvalue weighted by Crippen LogP contribution is 2.26. The molecule has 0 aliphatic carbocycles. The first-order chi connectivity index (χ1) is 9.69. The van der Waals surface area contributed by atoms with E-state index in [1.165, 1.54) is 6.08 Å². The van der Waals surface area contributed by atoms with Crippen molar-refractivity contribution in [3.8, 4) is 0 Å². The summed E-state index contributed by atoms with van der Waals surface area (Å²) in [6, 6.07) is 12.9. The minimum absolute atomic E-state index is 0.0101. The van der Waals surface area contributed by atoms with Gasteiger partial charge in [-0.15, -0.1) is 11.3 Å². The van der Waals surface area contributed by atoms with Crippen LogP contribution >= 0.6 is 11.3 Å². The summed E-state index contributed by atoms with van der Waals surface area (Å²) in [5, 5.41) is 3.99. The molecule has 3 rings (SSSR count). The van der Waals surface area contributed by atoms with Crippen LogP contribution in [0.3, 0.4) is 0 Å². The van der Waals surface area contributed by atoms with Crippen molar-refractivity contribution < 1.29 is 4.79 Å². The average Bonchev–Trinajstić information content (AvgIpc) is 2.48. The Morgan fingerprint density at radius 2 is 1.85 bits per heavy atom. The summed E-state index contributed by atoms with van der Waals surface area (Å²) in [6.07, 6.45) is 1.20. The SMILES string of the molecule is C=CC(=O)Nc1ccc2sc3ccccc3c(=O)c2c1. The van der Waals surface area contributed by atoms with E-state index < -0.39 is 0 Å². The molecule has 1 aromatic heterocycles. The van der Waals surface area contributed by atoms with Gasteiger partial charge in [0.05, 0.1) is 0 Å². The molecule has 0 saturated heterocycles. The van der Waals surface area contributed by atoms with E-state index in [4.69, 9.17) is 0 Å². The lowest BCUT2D eigenvalue weighted by Crippen LogP contribution is -2.08. The Hall–Kier alpha value is -2.46. The van der Waals surface area contributed by atoms with Gasteiger partial charge in [-0.1, -0.05) is 18.7 Å². The van der Waals surface area contributed by atoms with Gasteiger partial charge in [-0.05, 0) is 36.4 Å². The van der Waals surface area contributed by atoms with E-state index in [0.717, 1.165) is 9.40 Å². The minimum Gasteiger partial charge on any atom is -0.323 e. The van der Waals surface area contributed by atoms with E-state index in [2.05, 4.69) is 11.9 Å². The van der Waals surface area contributed by atoms with Crippen LogP contribution in [0.2, 0.25) is 0 Å². The molecule has 4 heteroatoms. The summed E-state index contributed by atoms with van der Waals surface area (Å²) >= 11 is 1.57. The van der Waals surface area contributed by atoms with Crippen LogP contribution in [-0.2, 0) is 4.79 Å². The molecular formula is C16H11NO2S. The zero-order valence-corrected chi connectivity index (χ0v) is 11.4. The van der Waals surface area contributed by atoms with Crippen LogP contribution in [0, 0.1) is 0 Å². The van der Waals surface area contributed by atoms with Crippen molar-refractivity contribution in [1.82, 2.24) is 0 Å². The molecule has 0 fully saturated rings. The number of benzene rings is 2. The molecule has 1 amide bonds. The third kappa shape index (κ3) is 2.10. The second kappa shape index (κ2) is 4.90. The van der Waals surface area contributed by atoms with Crippen LogP contribution in [0.25, 0.3) is 20.2 Å². The fourth-order valence-electron chi connectivity index (χ4n) is 2.07. The average molecular weight is 281 g/mol. The third-order valence-corrected chi connectivity index (χ3v) is 4.18. The van der Waals surface area contributed by atoms with Crippen molar-refractivity contribution in [2.45, 2.75) is 0 Å². The molecule has 3 nitrogen and oxygen atoms in total. The van der Waals surface area contributed by atoms with E-state index >= 15 is 0 Å². The minimum atomic E-state index is -0.290. The number of nitrogens with one attached hydrogen (secondary N) is 1. The highest BCUT2D eigenvalue weighted by Gasteiger charge is 2.07. The number of amides is 1. The summed E-state index contributed by atoms with van der Waals surface area (Å²) in [4.78, 5) is 23.8. The number of hydrogen-bond donors (Lipinski definition) is 1. The van der Waals surface area contributed by atoms with E-state index in [9.17, 15) is 9.59 Å². The van der Waals surface area contributed by atoms with Crippen molar-refractivity contribution in [2.24, 2.45) is 0 Å². The quantitative estimate of drug-likeness (QED) is 0.577. The number of anilines is 1. The first-order valence-corrected chi connectivity index (χ1v) is 6.90. The van der Waals surface area contributed by atoms with Crippen molar-refractivity contribution in [2.75, 3.05) is 5.32 Å². The van der Waals surface area contributed by atoms with Crippen LogP contribution in [0.4, 0.5) is 5.69 Å². The summed E-state index contributed by atoms with van der Waals surface area (Å²) in [7, 11) is 0. The smallest absolute Gasteiger partial charge is 0.247 e. The fourth-order valence-corrected chi connectivity index (χ4v) is 3.13. The number of fused-ring (bicyclic) bond motifs is 2. The molecule has 0 saturated carbocycles. The molecule has 0 spiro atoms. The van der Waals surface area contributed by atoms with Gasteiger partial charge in [-0.25, -0.2) is 0 Å². The van der Waals surface area contributed by atoms with Gasteiger partial charge in [0.15, 0.2) is 5.43 Å².